The van der Waals surface area contributed by atoms with Gasteiger partial charge in [0.1, 0.15) is 5.01 Å². The molecule has 2 heterocycles. The van der Waals surface area contributed by atoms with Gasteiger partial charge in [-0.2, -0.15) is 0 Å². The predicted octanol–water partition coefficient (Wildman–Crippen LogP) is 1.62. The third-order valence-electron chi connectivity index (χ3n) is 2.63. The molecule has 2 aromatic heterocycles. The second kappa shape index (κ2) is 6.94. The van der Waals surface area contributed by atoms with Crippen molar-refractivity contribution in [3.8, 4) is 0 Å². The van der Waals surface area contributed by atoms with Crippen molar-refractivity contribution in [3.63, 3.8) is 0 Å². The van der Waals surface area contributed by atoms with Crippen molar-refractivity contribution in [2.45, 2.75) is 20.0 Å². The zero-order valence-corrected chi connectivity index (χ0v) is 12.1. The highest BCUT2D eigenvalue weighted by Crippen LogP contribution is 2.10. The molecule has 0 aliphatic heterocycles. The highest BCUT2D eigenvalue weighted by Gasteiger charge is 2.01. The predicted molar refractivity (Wildman–Crippen MR) is 79.5 cm³/mol. The first-order chi connectivity index (χ1) is 9.28. The Hall–Kier alpha value is -1.82. The Labute approximate surface area is 117 Å². The molecule has 0 bridgehead atoms. The summed E-state index contributed by atoms with van der Waals surface area (Å²) >= 11 is 1.70. The number of nitrogens with zero attached hydrogens (tertiary/aromatic N) is 3. The van der Waals surface area contributed by atoms with E-state index in [2.05, 4.69) is 44.5 Å². The van der Waals surface area contributed by atoms with Gasteiger partial charge < -0.3 is 15.2 Å². The van der Waals surface area contributed by atoms with Gasteiger partial charge in [-0.25, -0.2) is 4.98 Å². The summed E-state index contributed by atoms with van der Waals surface area (Å²) in [6, 6.07) is 4.05. The molecule has 0 aliphatic rings. The van der Waals surface area contributed by atoms with Crippen LogP contribution in [0.15, 0.2) is 35.7 Å². The van der Waals surface area contributed by atoms with E-state index in [9.17, 15) is 0 Å². The molecular weight excluding hydrogens is 258 g/mol. The first-order valence-electron chi connectivity index (χ1n) is 6.24. The Balaban J connectivity index is 1.71. The van der Waals surface area contributed by atoms with Crippen LogP contribution in [0, 0.1) is 6.92 Å². The van der Waals surface area contributed by atoms with Crippen LogP contribution in [0.4, 0.5) is 0 Å². The van der Waals surface area contributed by atoms with Crippen LogP contribution in [0.1, 0.15) is 9.88 Å². The molecule has 19 heavy (non-hydrogen) atoms. The molecule has 0 aromatic carbocycles. The number of thiazole rings is 1. The highest BCUT2D eigenvalue weighted by molar-refractivity contribution is 7.11. The van der Waals surface area contributed by atoms with Gasteiger partial charge in [-0.3, -0.25) is 4.99 Å². The standard InChI is InChI=1S/C13H19N5S/c1-11-9-16-12(19-11)10-17-13(14-2)15-5-8-18-6-3-4-7-18/h3-4,6-7,9H,5,8,10H2,1-2H3,(H2,14,15,17). The first-order valence-corrected chi connectivity index (χ1v) is 7.06. The van der Waals surface area contributed by atoms with Gasteiger partial charge in [-0.1, -0.05) is 0 Å². The van der Waals surface area contributed by atoms with E-state index in [-0.39, 0.29) is 0 Å². The monoisotopic (exact) mass is 277 g/mol. The molecule has 0 amide bonds. The SMILES string of the molecule is CN=C(NCCn1cccc1)NCc1ncc(C)s1. The van der Waals surface area contributed by atoms with Gasteiger partial charge in [-0.15, -0.1) is 11.3 Å². The van der Waals surface area contributed by atoms with Crippen molar-refractivity contribution < 1.29 is 0 Å². The van der Waals surface area contributed by atoms with Crippen molar-refractivity contribution in [1.82, 2.24) is 20.2 Å². The summed E-state index contributed by atoms with van der Waals surface area (Å²) in [6.45, 7) is 4.53. The van der Waals surface area contributed by atoms with Crippen LogP contribution >= 0.6 is 11.3 Å². The van der Waals surface area contributed by atoms with Crippen LogP contribution in [0.25, 0.3) is 0 Å². The van der Waals surface area contributed by atoms with Crippen LogP contribution in [-0.4, -0.2) is 29.1 Å². The molecule has 0 radical (unpaired) electrons. The number of aromatic nitrogens is 2. The number of nitrogens with one attached hydrogen (secondary N) is 2. The largest absolute Gasteiger partial charge is 0.355 e. The highest BCUT2D eigenvalue weighted by atomic mass is 32.1. The van der Waals surface area contributed by atoms with E-state index < -0.39 is 0 Å². The number of hydrogen-bond donors (Lipinski definition) is 2. The number of hydrogen-bond acceptors (Lipinski definition) is 3. The van der Waals surface area contributed by atoms with Crippen LogP contribution in [0.2, 0.25) is 0 Å². The smallest absolute Gasteiger partial charge is 0.191 e. The topological polar surface area (TPSA) is 54.2 Å². The van der Waals surface area contributed by atoms with E-state index in [4.69, 9.17) is 0 Å². The van der Waals surface area contributed by atoms with Crippen LogP contribution < -0.4 is 10.6 Å². The molecule has 0 saturated carbocycles. The van der Waals surface area contributed by atoms with E-state index >= 15 is 0 Å². The summed E-state index contributed by atoms with van der Waals surface area (Å²) in [7, 11) is 1.78. The molecule has 0 spiro atoms. The first kappa shape index (κ1) is 13.6. The molecule has 0 saturated heterocycles. The van der Waals surface area contributed by atoms with E-state index in [0.717, 1.165) is 24.1 Å². The lowest BCUT2D eigenvalue weighted by molar-refractivity contribution is 0.665. The van der Waals surface area contributed by atoms with Crippen LogP contribution in [0.3, 0.4) is 0 Å². The number of guanidine groups is 1. The maximum absolute atomic E-state index is 4.31. The second-order valence-electron chi connectivity index (χ2n) is 4.14. The average molecular weight is 277 g/mol. The Morgan fingerprint density at radius 2 is 2.16 bits per heavy atom. The second-order valence-corrected chi connectivity index (χ2v) is 5.46. The summed E-state index contributed by atoms with van der Waals surface area (Å²) in [5, 5.41) is 7.61. The van der Waals surface area contributed by atoms with Crippen molar-refractivity contribution in [3.05, 3.63) is 40.6 Å². The van der Waals surface area contributed by atoms with E-state index in [1.54, 1.807) is 18.4 Å². The fourth-order valence-electron chi connectivity index (χ4n) is 1.69. The van der Waals surface area contributed by atoms with Gasteiger partial charge in [-0.05, 0) is 19.1 Å². The zero-order chi connectivity index (χ0) is 13.5. The normalized spacial score (nSPS) is 11.6. The summed E-state index contributed by atoms with van der Waals surface area (Å²) in [4.78, 5) is 9.73. The van der Waals surface area contributed by atoms with Crippen LogP contribution in [-0.2, 0) is 13.1 Å². The fraction of sp³-hybridized carbons (Fsp3) is 0.385. The lowest BCUT2D eigenvalue weighted by atomic mass is 10.6. The third kappa shape index (κ3) is 4.40. The zero-order valence-electron chi connectivity index (χ0n) is 11.3. The molecule has 0 unspecified atom stereocenters. The quantitative estimate of drug-likeness (QED) is 0.645. The molecule has 5 nitrogen and oxygen atoms in total. The Kier molecular flexibility index (Phi) is 4.97. The average Bonchev–Trinajstić information content (AvgIpc) is 3.05. The summed E-state index contributed by atoms with van der Waals surface area (Å²) in [5.41, 5.74) is 0. The maximum Gasteiger partial charge on any atom is 0.191 e. The molecule has 6 heteroatoms. The Morgan fingerprint density at radius 3 is 2.79 bits per heavy atom. The summed E-state index contributed by atoms with van der Waals surface area (Å²) in [6.07, 6.45) is 6.00. The lowest BCUT2D eigenvalue weighted by Gasteiger charge is -2.11. The molecular formula is C13H19N5S. The Bertz CT molecular complexity index is 515. The third-order valence-corrected chi connectivity index (χ3v) is 3.54. The van der Waals surface area contributed by atoms with Gasteiger partial charge in [0.15, 0.2) is 5.96 Å². The van der Waals surface area contributed by atoms with Crippen molar-refractivity contribution in [2.24, 2.45) is 4.99 Å². The van der Waals surface area contributed by atoms with Gasteiger partial charge in [0, 0.05) is 43.6 Å². The van der Waals surface area contributed by atoms with Crippen LogP contribution in [0.5, 0.6) is 0 Å². The van der Waals surface area contributed by atoms with Gasteiger partial charge in [0.05, 0.1) is 6.54 Å². The molecule has 102 valence electrons. The molecule has 0 aliphatic carbocycles. The van der Waals surface area contributed by atoms with Gasteiger partial charge >= 0.3 is 0 Å². The molecule has 0 fully saturated rings. The minimum Gasteiger partial charge on any atom is -0.355 e. The van der Waals surface area contributed by atoms with E-state index in [1.165, 1.54) is 4.88 Å². The van der Waals surface area contributed by atoms with Crippen molar-refractivity contribution in [2.75, 3.05) is 13.6 Å². The Morgan fingerprint density at radius 1 is 1.37 bits per heavy atom. The fourth-order valence-corrected chi connectivity index (χ4v) is 2.41. The maximum atomic E-state index is 4.31. The molecule has 0 atom stereocenters. The molecule has 2 aromatic rings. The van der Waals surface area contributed by atoms with E-state index in [0.29, 0.717) is 6.54 Å². The van der Waals surface area contributed by atoms with Crippen molar-refractivity contribution in [1.29, 1.82) is 0 Å². The number of rotatable bonds is 5. The van der Waals surface area contributed by atoms with E-state index in [1.807, 2.05) is 18.3 Å². The van der Waals surface area contributed by atoms with Gasteiger partial charge in [0.2, 0.25) is 0 Å². The summed E-state index contributed by atoms with van der Waals surface area (Å²) < 4.78 is 2.13. The van der Waals surface area contributed by atoms with Crippen molar-refractivity contribution >= 4 is 17.3 Å². The minimum atomic E-state index is 0.710. The number of aryl methyl sites for hydroxylation is 1. The summed E-state index contributed by atoms with van der Waals surface area (Å²) in [5.74, 6) is 0.806. The molecule has 2 rings (SSSR count). The minimum absolute atomic E-state index is 0.710. The molecule has 2 N–H and O–H groups in total. The van der Waals surface area contributed by atoms with Gasteiger partial charge in [0.25, 0.3) is 0 Å². The lowest BCUT2D eigenvalue weighted by Crippen LogP contribution is -2.38. The number of aliphatic imine (C=N–C) groups is 1.